The summed E-state index contributed by atoms with van der Waals surface area (Å²) >= 11 is 0. The van der Waals surface area contributed by atoms with E-state index in [1.54, 1.807) is 37.4 Å². The molecule has 6 heteroatoms. The maximum atomic E-state index is 12.9. The van der Waals surface area contributed by atoms with Crippen molar-refractivity contribution in [3.63, 3.8) is 0 Å². The van der Waals surface area contributed by atoms with Crippen molar-refractivity contribution >= 4 is 11.0 Å². The van der Waals surface area contributed by atoms with Gasteiger partial charge in [0, 0.05) is 12.6 Å². The number of rotatable bonds is 8. The summed E-state index contributed by atoms with van der Waals surface area (Å²) in [6.45, 7) is 3.52. The molecule has 1 heterocycles. The fraction of sp³-hybridized carbons (Fsp3) is 0.318. The first kappa shape index (κ1) is 19.8. The molecule has 0 saturated heterocycles. The third-order valence-electron chi connectivity index (χ3n) is 4.58. The number of hydrogen-bond acceptors (Lipinski definition) is 6. The van der Waals surface area contributed by atoms with Gasteiger partial charge in [0.1, 0.15) is 29.1 Å². The highest BCUT2D eigenvalue weighted by Gasteiger charge is 2.16. The number of ether oxygens (including phenoxy) is 2. The molecule has 0 aliphatic heterocycles. The number of unbranched alkanes of at least 4 members (excludes halogenated alkanes) is 1. The summed E-state index contributed by atoms with van der Waals surface area (Å²) in [5, 5.41) is 10.7. The molecule has 3 aromatic rings. The average molecular weight is 383 g/mol. The summed E-state index contributed by atoms with van der Waals surface area (Å²) in [5.74, 6) is 1.30. The van der Waals surface area contributed by atoms with E-state index in [-0.39, 0.29) is 16.9 Å². The van der Waals surface area contributed by atoms with Crippen LogP contribution in [0.5, 0.6) is 23.0 Å². The molecule has 6 nitrogen and oxygen atoms in total. The average Bonchev–Trinajstić information content (AvgIpc) is 2.70. The summed E-state index contributed by atoms with van der Waals surface area (Å²) in [4.78, 5) is 15.0. The van der Waals surface area contributed by atoms with Crippen molar-refractivity contribution in [2.24, 2.45) is 0 Å². The van der Waals surface area contributed by atoms with E-state index in [1.807, 2.05) is 7.05 Å². The van der Waals surface area contributed by atoms with Crippen molar-refractivity contribution in [1.29, 1.82) is 0 Å². The van der Waals surface area contributed by atoms with Crippen LogP contribution in [-0.4, -0.2) is 30.7 Å². The maximum Gasteiger partial charge on any atom is 0.235 e. The number of methoxy groups -OCH3 is 1. The second-order valence-corrected chi connectivity index (χ2v) is 6.74. The Morgan fingerprint density at radius 1 is 1.18 bits per heavy atom. The van der Waals surface area contributed by atoms with E-state index in [9.17, 15) is 9.90 Å². The number of aromatic hydroxyl groups is 1. The predicted octanol–water partition coefficient (Wildman–Crippen LogP) is 4.53. The molecule has 0 amide bonds. The molecule has 0 atom stereocenters. The van der Waals surface area contributed by atoms with Gasteiger partial charge in [-0.3, -0.25) is 4.79 Å². The highest BCUT2D eigenvalue weighted by molar-refractivity contribution is 5.83. The molecule has 0 radical (unpaired) electrons. The first-order valence-electron chi connectivity index (χ1n) is 9.30. The molecule has 3 rings (SSSR count). The Morgan fingerprint density at radius 3 is 2.71 bits per heavy atom. The highest BCUT2D eigenvalue weighted by atomic mass is 16.5. The Bertz CT molecular complexity index is 1010. The van der Waals surface area contributed by atoms with Gasteiger partial charge in [-0.1, -0.05) is 19.4 Å². The van der Waals surface area contributed by atoms with E-state index in [4.69, 9.17) is 13.9 Å². The van der Waals surface area contributed by atoms with Crippen LogP contribution in [0, 0.1) is 0 Å². The Kier molecular flexibility index (Phi) is 6.21. The largest absolute Gasteiger partial charge is 0.507 e. The molecule has 0 unspecified atom stereocenters. The molecule has 148 valence electrons. The van der Waals surface area contributed by atoms with Crippen molar-refractivity contribution in [3.05, 3.63) is 58.4 Å². The molecule has 0 fully saturated rings. The minimum Gasteiger partial charge on any atom is -0.507 e. The molecule has 1 N–H and O–H groups in total. The van der Waals surface area contributed by atoms with Gasteiger partial charge in [0.2, 0.25) is 11.2 Å². The number of benzene rings is 2. The molecular formula is C22H25NO5. The van der Waals surface area contributed by atoms with E-state index < -0.39 is 0 Å². The van der Waals surface area contributed by atoms with Gasteiger partial charge >= 0.3 is 0 Å². The lowest BCUT2D eigenvalue weighted by atomic mass is 10.1. The first-order chi connectivity index (χ1) is 13.5. The summed E-state index contributed by atoms with van der Waals surface area (Å²) in [6, 6.07) is 10.1. The molecule has 0 saturated carbocycles. The van der Waals surface area contributed by atoms with Crippen LogP contribution in [0.15, 0.2) is 51.9 Å². The molecule has 28 heavy (non-hydrogen) atoms. The SMILES string of the molecule is CCCCN(C)Cc1c(O)ccc2c(=O)c(Oc3cccc(OC)c3)coc12. The lowest BCUT2D eigenvalue weighted by Crippen LogP contribution is -2.19. The zero-order valence-corrected chi connectivity index (χ0v) is 16.4. The van der Waals surface area contributed by atoms with E-state index in [1.165, 1.54) is 12.3 Å². The third-order valence-corrected chi connectivity index (χ3v) is 4.58. The van der Waals surface area contributed by atoms with Crippen LogP contribution >= 0.6 is 0 Å². The second kappa shape index (κ2) is 8.80. The standard InChI is InChI=1S/C22H25NO5/c1-4-5-11-23(2)13-18-19(24)10-9-17-21(25)20(14-27-22(17)18)28-16-8-6-7-15(12-16)26-3/h6-10,12,14,24H,4-5,11,13H2,1-3H3. The third kappa shape index (κ3) is 4.28. The van der Waals surface area contributed by atoms with E-state index in [0.717, 1.165) is 19.4 Å². The van der Waals surface area contributed by atoms with E-state index in [0.29, 0.717) is 34.6 Å². The Labute approximate surface area is 163 Å². The van der Waals surface area contributed by atoms with Gasteiger partial charge in [-0.15, -0.1) is 0 Å². The summed E-state index contributed by atoms with van der Waals surface area (Å²) < 4.78 is 16.6. The molecular weight excluding hydrogens is 358 g/mol. The van der Waals surface area contributed by atoms with Crippen molar-refractivity contribution in [2.45, 2.75) is 26.3 Å². The predicted molar refractivity (Wildman–Crippen MR) is 108 cm³/mol. The minimum atomic E-state index is -0.290. The maximum absolute atomic E-state index is 12.9. The number of hydrogen-bond donors (Lipinski definition) is 1. The number of fused-ring (bicyclic) bond motifs is 1. The number of phenolic OH excluding ortho intramolecular Hbond substituents is 1. The fourth-order valence-electron chi connectivity index (χ4n) is 3.02. The van der Waals surface area contributed by atoms with Gasteiger partial charge in [-0.05, 0) is 44.3 Å². The van der Waals surface area contributed by atoms with E-state index in [2.05, 4.69) is 11.8 Å². The van der Waals surface area contributed by atoms with Crippen molar-refractivity contribution in [1.82, 2.24) is 4.90 Å². The lowest BCUT2D eigenvalue weighted by molar-refractivity contribution is 0.314. The summed E-state index contributed by atoms with van der Waals surface area (Å²) in [5.41, 5.74) is 0.689. The minimum absolute atomic E-state index is 0.0803. The first-order valence-corrected chi connectivity index (χ1v) is 9.30. The van der Waals surface area contributed by atoms with Gasteiger partial charge in [-0.25, -0.2) is 0 Å². The lowest BCUT2D eigenvalue weighted by Gasteiger charge is -2.18. The van der Waals surface area contributed by atoms with Crippen LogP contribution < -0.4 is 14.9 Å². The molecule has 0 aliphatic carbocycles. The summed E-state index contributed by atoms with van der Waals surface area (Å²) in [6.07, 6.45) is 3.44. The topological polar surface area (TPSA) is 72.1 Å². The van der Waals surface area contributed by atoms with Crippen LogP contribution in [0.2, 0.25) is 0 Å². The van der Waals surface area contributed by atoms with Gasteiger partial charge in [0.15, 0.2) is 0 Å². The van der Waals surface area contributed by atoms with Crippen LogP contribution in [0.1, 0.15) is 25.3 Å². The normalized spacial score (nSPS) is 11.1. The summed E-state index contributed by atoms with van der Waals surface area (Å²) in [7, 11) is 3.54. The van der Waals surface area contributed by atoms with Crippen LogP contribution in [-0.2, 0) is 6.54 Å². The zero-order chi connectivity index (χ0) is 20.1. The Morgan fingerprint density at radius 2 is 1.96 bits per heavy atom. The monoisotopic (exact) mass is 383 g/mol. The smallest absolute Gasteiger partial charge is 0.235 e. The Hall–Kier alpha value is -2.99. The molecule has 0 spiro atoms. The van der Waals surface area contributed by atoms with Gasteiger partial charge in [-0.2, -0.15) is 0 Å². The Balaban J connectivity index is 1.95. The van der Waals surface area contributed by atoms with Crippen molar-refractivity contribution < 1.29 is 19.0 Å². The number of phenols is 1. The zero-order valence-electron chi connectivity index (χ0n) is 16.4. The molecule has 1 aromatic heterocycles. The second-order valence-electron chi connectivity index (χ2n) is 6.74. The van der Waals surface area contributed by atoms with E-state index >= 15 is 0 Å². The van der Waals surface area contributed by atoms with Crippen molar-refractivity contribution in [3.8, 4) is 23.0 Å². The van der Waals surface area contributed by atoms with Gasteiger partial charge in [0.05, 0.1) is 18.1 Å². The van der Waals surface area contributed by atoms with Gasteiger partial charge < -0.3 is 23.9 Å². The van der Waals surface area contributed by atoms with Gasteiger partial charge in [0.25, 0.3) is 0 Å². The number of nitrogens with zero attached hydrogens (tertiary/aromatic N) is 1. The molecule has 2 aromatic carbocycles. The van der Waals surface area contributed by atoms with Crippen LogP contribution in [0.25, 0.3) is 11.0 Å². The quantitative estimate of drug-likeness (QED) is 0.616. The van der Waals surface area contributed by atoms with Crippen molar-refractivity contribution in [2.75, 3.05) is 20.7 Å². The molecule has 0 aliphatic rings. The highest BCUT2D eigenvalue weighted by Crippen LogP contribution is 2.30. The van der Waals surface area contributed by atoms with Crippen LogP contribution in [0.3, 0.4) is 0 Å². The molecule has 0 bridgehead atoms. The fourth-order valence-corrected chi connectivity index (χ4v) is 3.02. The van der Waals surface area contributed by atoms with Crippen LogP contribution in [0.4, 0.5) is 0 Å².